The van der Waals surface area contributed by atoms with Gasteiger partial charge in [0.25, 0.3) is 0 Å². The van der Waals surface area contributed by atoms with Crippen LogP contribution in [0.5, 0.6) is 5.75 Å². The molecule has 17 heavy (non-hydrogen) atoms. The molecule has 0 unspecified atom stereocenters. The molecular weight excluding hydrogens is 259 g/mol. The lowest BCUT2D eigenvalue weighted by molar-refractivity contribution is 0.301. The molecule has 0 atom stereocenters. The zero-order valence-electron chi connectivity index (χ0n) is 8.86. The van der Waals surface area contributed by atoms with Crippen molar-refractivity contribution in [2.24, 2.45) is 0 Å². The largest absolute Gasteiger partial charge is 0.487 e. The molecule has 1 aromatic heterocycles. The summed E-state index contributed by atoms with van der Waals surface area (Å²) in [6.07, 6.45) is 0. The van der Waals surface area contributed by atoms with Crippen LogP contribution in [0.3, 0.4) is 0 Å². The van der Waals surface area contributed by atoms with Crippen LogP contribution in [0.25, 0.3) is 0 Å². The minimum absolute atomic E-state index is 0.253. The molecule has 0 saturated carbocycles. The number of ether oxygens (including phenoxy) is 1. The Morgan fingerprint density at radius 3 is 2.76 bits per heavy atom. The molecule has 88 valence electrons. The molecule has 1 aromatic carbocycles. The summed E-state index contributed by atoms with van der Waals surface area (Å²) in [4.78, 5) is 4.09. The Labute approximate surface area is 109 Å². The fourth-order valence-corrected chi connectivity index (χ4v) is 1.64. The second-order valence-electron chi connectivity index (χ2n) is 3.42. The van der Waals surface area contributed by atoms with Crippen molar-refractivity contribution in [1.29, 1.82) is 0 Å². The quantitative estimate of drug-likeness (QED) is 0.684. The highest BCUT2D eigenvalue weighted by atomic mass is 35.5. The second kappa shape index (κ2) is 5.25. The van der Waals surface area contributed by atoms with Gasteiger partial charge in [-0.05, 0) is 24.3 Å². The number of aromatic nitrogens is 1. The van der Waals surface area contributed by atoms with Gasteiger partial charge in [0.1, 0.15) is 17.5 Å². The van der Waals surface area contributed by atoms with E-state index in [9.17, 15) is 0 Å². The van der Waals surface area contributed by atoms with E-state index in [4.69, 9.17) is 33.7 Å². The molecule has 0 fully saturated rings. The molecule has 0 aliphatic rings. The van der Waals surface area contributed by atoms with Gasteiger partial charge in [-0.2, -0.15) is 0 Å². The fourth-order valence-electron chi connectivity index (χ4n) is 1.31. The van der Waals surface area contributed by atoms with Gasteiger partial charge in [0, 0.05) is 11.8 Å². The van der Waals surface area contributed by atoms with Gasteiger partial charge in [-0.15, -0.1) is 0 Å². The highest BCUT2D eigenvalue weighted by Gasteiger charge is 2.04. The average molecular weight is 269 g/mol. The van der Waals surface area contributed by atoms with Gasteiger partial charge >= 0.3 is 0 Å². The maximum Gasteiger partial charge on any atom is 0.132 e. The van der Waals surface area contributed by atoms with E-state index in [1.54, 1.807) is 24.3 Å². The number of hydrogen-bond donors (Lipinski definition) is 1. The molecule has 0 aliphatic carbocycles. The van der Waals surface area contributed by atoms with E-state index in [0.29, 0.717) is 27.3 Å². The summed E-state index contributed by atoms with van der Waals surface area (Å²) in [5.41, 5.74) is 6.88. The van der Waals surface area contributed by atoms with E-state index >= 15 is 0 Å². The van der Waals surface area contributed by atoms with Gasteiger partial charge in [0.05, 0.1) is 10.7 Å². The molecule has 1 heterocycles. The molecule has 2 aromatic rings. The molecule has 0 radical (unpaired) electrons. The van der Waals surface area contributed by atoms with Crippen LogP contribution < -0.4 is 10.5 Å². The van der Waals surface area contributed by atoms with Crippen LogP contribution >= 0.6 is 23.2 Å². The summed E-state index contributed by atoms with van der Waals surface area (Å²) >= 11 is 11.7. The Kier molecular flexibility index (Phi) is 3.71. The minimum atomic E-state index is 0.253. The van der Waals surface area contributed by atoms with Gasteiger partial charge in [-0.1, -0.05) is 29.3 Å². The lowest BCUT2D eigenvalue weighted by Crippen LogP contribution is -1.99. The third-order valence-electron chi connectivity index (χ3n) is 2.12. The van der Waals surface area contributed by atoms with Crippen molar-refractivity contribution in [2.45, 2.75) is 6.61 Å². The molecule has 2 rings (SSSR count). The lowest BCUT2D eigenvalue weighted by atomic mass is 10.3. The first-order chi connectivity index (χ1) is 8.15. The van der Waals surface area contributed by atoms with Crippen LogP contribution in [0.2, 0.25) is 10.2 Å². The van der Waals surface area contributed by atoms with Crippen LogP contribution in [0.15, 0.2) is 36.4 Å². The maximum absolute atomic E-state index is 5.97. The van der Waals surface area contributed by atoms with Gasteiger partial charge in [0.2, 0.25) is 0 Å². The van der Waals surface area contributed by atoms with Crippen LogP contribution in [0, 0.1) is 0 Å². The Bertz CT molecular complexity index is 532. The molecular formula is C12H10Cl2N2O. The Morgan fingerprint density at radius 2 is 2.00 bits per heavy atom. The smallest absolute Gasteiger partial charge is 0.132 e. The monoisotopic (exact) mass is 268 g/mol. The van der Waals surface area contributed by atoms with Crippen molar-refractivity contribution < 1.29 is 4.74 Å². The zero-order chi connectivity index (χ0) is 12.3. The Balaban J connectivity index is 2.09. The van der Waals surface area contributed by atoms with E-state index in [1.165, 1.54) is 0 Å². The van der Waals surface area contributed by atoms with Crippen molar-refractivity contribution in [3.05, 3.63) is 52.3 Å². The SMILES string of the molecule is Nc1cccc(OCc2nc(Cl)ccc2Cl)c1. The molecule has 0 spiro atoms. The highest BCUT2D eigenvalue weighted by Crippen LogP contribution is 2.20. The standard InChI is InChI=1S/C12H10Cl2N2O/c13-10-4-5-12(14)16-11(10)7-17-9-3-1-2-8(15)6-9/h1-6H,7,15H2. The summed E-state index contributed by atoms with van der Waals surface area (Å²) in [6, 6.07) is 10.5. The molecule has 5 heteroatoms. The predicted octanol–water partition coefficient (Wildman–Crippen LogP) is 3.55. The number of hydrogen-bond acceptors (Lipinski definition) is 3. The van der Waals surface area contributed by atoms with Crippen LogP contribution in [-0.4, -0.2) is 4.98 Å². The normalized spacial score (nSPS) is 10.2. The Hall–Kier alpha value is -1.45. The first-order valence-electron chi connectivity index (χ1n) is 4.94. The molecule has 3 nitrogen and oxygen atoms in total. The number of benzene rings is 1. The fraction of sp³-hybridized carbons (Fsp3) is 0.0833. The number of halogens is 2. The maximum atomic E-state index is 5.97. The third kappa shape index (κ3) is 3.25. The van der Waals surface area contributed by atoms with Crippen molar-refractivity contribution in [1.82, 2.24) is 4.98 Å². The molecule has 0 bridgehead atoms. The minimum Gasteiger partial charge on any atom is -0.487 e. The van der Waals surface area contributed by atoms with Crippen molar-refractivity contribution in [3.63, 3.8) is 0 Å². The third-order valence-corrected chi connectivity index (χ3v) is 2.67. The summed E-state index contributed by atoms with van der Waals surface area (Å²) in [5.74, 6) is 0.669. The number of nitrogens with two attached hydrogens (primary N) is 1. The van der Waals surface area contributed by atoms with Crippen LogP contribution in [-0.2, 0) is 6.61 Å². The van der Waals surface area contributed by atoms with Gasteiger partial charge in [0.15, 0.2) is 0 Å². The number of nitrogens with zero attached hydrogens (tertiary/aromatic N) is 1. The topological polar surface area (TPSA) is 48.1 Å². The number of anilines is 1. The van der Waals surface area contributed by atoms with Crippen molar-refractivity contribution in [3.8, 4) is 5.75 Å². The summed E-state index contributed by atoms with van der Waals surface area (Å²) in [6.45, 7) is 0.253. The van der Waals surface area contributed by atoms with E-state index in [1.807, 2.05) is 12.1 Å². The Morgan fingerprint density at radius 1 is 1.18 bits per heavy atom. The van der Waals surface area contributed by atoms with E-state index in [2.05, 4.69) is 4.98 Å². The molecule has 0 saturated heterocycles. The van der Waals surface area contributed by atoms with Gasteiger partial charge in [-0.25, -0.2) is 4.98 Å². The summed E-state index contributed by atoms with van der Waals surface area (Å²) < 4.78 is 5.52. The molecule has 0 aliphatic heterocycles. The first kappa shape index (κ1) is 12.0. The number of pyridine rings is 1. The van der Waals surface area contributed by atoms with E-state index < -0.39 is 0 Å². The van der Waals surface area contributed by atoms with Gasteiger partial charge < -0.3 is 10.5 Å². The zero-order valence-corrected chi connectivity index (χ0v) is 10.4. The van der Waals surface area contributed by atoms with Crippen molar-refractivity contribution >= 4 is 28.9 Å². The van der Waals surface area contributed by atoms with Crippen LogP contribution in [0.4, 0.5) is 5.69 Å². The van der Waals surface area contributed by atoms with E-state index in [0.717, 1.165) is 0 Å². The van der Waals surface area contributed by atoms with Crippen LogP contribution in [0.1, 0.15) is 5.69 Å². The van der Waals surface area contributed by atoms with Crippen molar-refractivity contribution in [2.75, 3.05) is 5.73 Å². The molecule has 0 amide bonds. The summed E-state index contributed by atoms with van der Waals surface area (Å²) in [7, 11) is 0. The summed E-state index contributed by atoms with van der Waals surface area (Å²) in [5, 5.41) is 0.916. The van der Waals surface area contributed by atoms with E-state index in [-0.39, 0.29) is 6.61 Å². The highest BCUT2D eigenvalue weighted by molar-refractivity contribution is 6.32. The number of nitrogen functional groups attached to an aromatic ring is 1. The predicted molar refractivity (Wildman–Crippen MR) is 69.4 cm³/mol. The molecule has 2 N–H and O–H groups in total. The number of rotatable bonds is 3. The second-order valence-corrected chi connectivity index (χ2v) is 4.22. The van der Waals surface area contributed by atoms with Gasteiger partial charge in [-0.3, -0.25) is 0 Å². The lowest BCUT2D eigenvalue weighted by Gasteiger charge is -2.07. The first-order valence-corrected chi connectivity index (χ1v) is 5.70. The average Bonchev–Trinajstić information content (AvgIpc) is 2.30.